The van der Waals surface area contributed by atoms with Gasteiger partial charge in [0.1, 0.15) is 0 Å². The molecule has 0 bridgehead atoms. The molecule has 126 valence electrons. The van der Waals surface area contributed by atoms with Crippen LogP contribution in [0.4, 0.5) is 0 Å². The maximum Gasteiger partial charge on any atom is 0.267 e. The summed E-state index contributed by atoms with van der Waals surface area (Å²) in [6.45, 7) is 7.79. The highest BCUT2D eigenvalue weighted by Gasteiger charge is 2.44. The van der Waals surface area contributed by atoms with Crippen molar-refractivity contribution in [2.24, 2.45) is 5.92 Å². The number of benzene rings is 1. The molecule has 4 nitrogen and oxygen atoms in total. The summed E-state index contributed by atoms with van der Waals surface area (Å²) < 4.78 is 26.8. The van der Waals surface area contributed by atoms with Crippen molar-refractivity contribution < 1.29 is 13.2 Å². The average molecular weight is 335 g/mol. The molecule has 2 unspecified atom stereocenters. The summed E-state index contributed by atoms with van der Waals surface area (Å²) >= 11 is 0. The zero-order chi connectivity index (χ0) is 17.0. The fourth-order valence-electron chi connectivity index (χ4n) is 3.13. The molecule has 0 spiro atoms. The number of hydrogen-bond acceptors (Lipinski definition) is 3. The van der Waals surface area contributed by atoms with Crippen LogP contribution in [-0.4, -0.2) is 24.7 Å². The number of rotatable bonds is 7. The molecule has 1 aliphatic heterocycles. The van der Waals surface area contributed by atoms with E-state index in [1.165, 1.54) is 0 Å². The number of amides is 1. The standard InChI is InChI=1S/C18H25NO3S/c1-4-6-7-8-15-13-18(20)19(17(15)5-2)23(21,22)16-11-9-14(3)10-12-16/h5,9-12,15,17H,2,4,6-8,13H2,1,3H3. The van der Waals surface area contributed by atoms with E-state index in [9.17, 15) is 13.2 Å². The van der Waals surface area contributed by atoms with Crippen LogP contribution in [-0.2, 0) is 14.8 Å². The van der Waals surface area contributed by atoms with Gasteiger partial charge in [-0.05, 0) is 31.4 Å². The quantitative estimate of drug-likeness (QED) is 0.564. The van der Waals surface area contributed by atoms with Crippen LogP contribution in [0.2, 0.25) is 0 Å². The maximum atomic E-state index is 12.9. The Morgan fingerprint density at radius 2 is 1.91 bits per heavy atom. The van der Waals surface area contributed by atoms with Gasteiger partial charge in [0.2, 0.25) is 5.91 Å². The SMILES string of the molecule is C=CC1C(CCCCC)CC(=O)N1S(=O)(=O)c1ccc(C)cc1. The average Bonchev–Trinajstić information content (AvgIpc) is 2.84. The third kappa shape index (κ3) is 3.66. The number of nitrogens with zero attached hydrogens (tertiary/aromatic N) is 1. The van der Waals surface area contributed by atoms with Gasteiger partial charge in [-0.25, -0.2) is 12.7 Å². The Balaban J connectivity index is 2.27. The van der Waals surface area contributed by atoms with Crippen molar-refractivity contribution in [3.8, 4) is 0 Å². The molecule has 5 heteroatoms. The van der Waals surface area contributed by atoms with Crippen molar-refractivity contribution in [1.82, 2.24) is 4.31 Å². The van der Waals surface area contributed by atoms with Crippen LogP contribution < -0.4 is 0 Å². The Hall–Kier alpha value is -1.62. The molecule has 1 aromatic carbocycles. The van der Waals surface area contributed by atoms with Crippen LogP contribution in [0.5, 0.6) is 0 Å². The number of unbranched alkanes of at least 4 members (excludes halogenated alkanes) is 2. The third-order valence-electron chi connectivity index (χ3n) is 4.43. The Morgan fingerprint density at radius 3 is 2.48 bits per heavy atom. The largest absolute Gasteiger partial charge is 0.274 e. The highest BCUT2D eigenvalue weighted by Crippen LogP contribution is 2.35. The van der Waals surface area contributed by atoms with Crippen molar-refractivity contribution in [1.29, 1.82) is 0 Å². The predicted molar refractivity (Wildman–Crippen MR) is 91.4 cm³/mol. The first-order chi connectivity index (χ1) is 10.9. The Bertz CT molecular complexity index is 664. The van der Waals surface area contributed by atoms with E-state index in [4.69, 9.17) is 0 Å². The van der Waals surface area contributed by atoms with E-state index in [0.717, 1.165) is 35.6 Å². The number of hydrogen-bond donors (Lipinski definition) is 0. The van der Waals surface area contributed by atoms with E-state index in [-0.39, 0.29) is 23.1 Å². The first-order valence-electron chi connectivity index (χ1n) is 8.18. The zero-order valence-corrected chi connectivity index (χ0v) is 14.7. The summed E-state index contributed by atoms with van der Waals surface area (Å²) in [5, 5.41) is 0. The van der Waals surface area contributed by atoms with Crippen LogP contribution in [0.25, 0.3) is 0 Å². The minimum atomic E-state index is -3.82. The second-order valence-corrected chi connectivity index (χ2v) is 8.01. The Kier molecular flexibility index (Phi) is 5.63. The lowest BCUT2D eigenvalue weighted by Gasteiger charge is -2.25. The molecule has 0 aromatic heterocycles. The lowest BCUT2D eigenvalue weighted by Crippen LogP contribution is -2.39. The second-order valence-electron chi connectivity index (χ2n) is 6.19. The number of carbonyl (C=O) groups excluding carboxylic acids is 1. The normalized spacial score (nSPS) is 21.7. The first-order valence-corrected chi connectivity index (χ1v) is 9.62. The van der Waals surface area contributed by atoms with Crippen LogP contribution in [0.3, 0.4) is 0 Å². The second kappa shape index (κ2) is 7.30. The van der Waals surface area contributed by atoms with Crippen molar-refractivity contribution >= 4 is 15.9 Å². The molecule has 23 heavy (non-hydrogen) atoms. The highest BCUT2D eigenvalue weighted by atomic mass is 32.2. The number of sulfonamides is 1. The summed E-state index contributed by atoms with van der Waals surface area (Å²) in [7, 11) is -3.82. The van der Waals surface area contributed by atoms with Crippen molar-refractivity contribution in [2.45, 2.75) is 56.9 Å². The number of aryl methyl sites for hydroxylation is 1. The number of carbonyl (C=O) groups is 1. The van der Waals surface area contributed by atoms with Gasteiger partial charge < -0.3 is 0 Å². The van der Waals surface area contributed by atoms with E-state index in [2.05, 4.69) is 13.5 Å². The minimum absolute atomic E-state index is 0.0340. The van der Waals surface area contributed by atoms with Crippen LogP contribution in [0.15, 0.2) is 41.8 Å². The molecular weight excluding hydrogens is 310 g/mol. The summed E-state index contributed by atoms with van der Waals surface area (Å²) in [5.74, 6) is -0.288. The van der Waals surface area contributed by atoms with E-state index in [1.54, 1.807) is 30.3 Å². The van der Waals surface area contributed by atoms with Gasteiger partial charge in [-0.1, -0.05) is 50.0 Å². The molecule has 0 saturated carbocycles. The van der Waals surface area contributed by atoms with Gasteiger partial charge in [0.25, 0.3) is 10.0 Å². The lowest BCUT2D eigenvalue weighted by atomic mass is 9.94. The lowest BCUT2D eigenvalue weighted by molar-refractivity contribution is -0.124. The minimum Gasteiger partial charge on any atom is -0.274 e. The molecule has 1 aliphatic rings. The zero-order valence-electron chi connectivity index (χ0n) is 13.9. The van der Waals surface area contributed by atoms with Crippen LogP contribution >= 0.6 is 0 Å². The van der Waals surface area contributed by atoms with Gasteiger partial charge >= 0.3 is 0 Å². The van der Waals surface area contributed by atoms with Gasteiger partial charge in [0.15, 0.2) is 0 Å². The molecule has 1 fully saturated rings. The monoisotopic (exact) mass is 335 g/mol. The molecule has 1 amide bonds. The molecule has 0 aliphatic carbocycles. The molecule has 0 N–H and O–H groups in total. The van der Waals surface area contributed by atoms with Crippen molar-refractivity contribution in [2.75, 3.05) is 0 Å². The summed E-state index contributed by atoms with van der Waals surface area (Å²) in [5.41, 5.74) is 0.981. The maximum absolute atomic E-state index is 12.9. The van der Waals surface area contributed by atoms with E-state index >= 15 is 0 Å². The molecule has 1 saturated heterocycles. The molecule has 2 rings (SSSR count). The van der Waals surface area contributed by atoms with Gasteiger partial charge in [0.05, 0.1) is 10.9 Å². The van der Waals surface area contributed by atoms with E-state index in [1.807, 2.05) is 6.92 Å². The molecular formula is C18H25NO3S. The van der Waals surface area contributed by atoms with Gasteiger partial charge in [-0.2, -0.15) is 0 Å². The molecule has 2 atom stereocenters. The van der Waals surface area contributed by atoms with Crippen LogP contribution in [0, 0.1) is 12.8 Å². The van der Waals surface area contributed by atoms with E-state index < -0.39 is 16.1 Å². The van der Waals surface area contributed by atoms with Crippen molar-refractivity contribution in [3.63, 3.8) is 0 Å². The fourth-order valence-corrected chi connectivity index (χ4v) is 4.76. The third-order valence-corrected chi connectivity index (χ3v) is 6.27. The van der Waals surface area contributed by atoms with Crippen LogP contribution in [0.1, 0.15) is 44.6 Å². The molecule has 1 heterocycles. The predicted octanol–water partition coefficient (Wildman–Crippen LogP) is 3.67. The Labute approximate surface area is 139 Å². The summed E-state index contributed by atoms with van der Waals surface area (Å²) in [6, 6.07) is 6.17. The Morgan fingerprint density at radius 1 is 1.26 bits per heavy atom. The molecule has 0 radical (unpaired) electrons. The topological polar surface area (TPSA) is 54.5 Å². The molecule has 1 aromatic rings. The van der Waals surface area contributed by atoms with Crippen molar-refractivity contribution in [3.05, 3.63) is 42.5 Å². The van der Waals surface area contributed by atoms with Gasteiger partial charge in [-0.15, -0.1) is 6.58 Å². The highest BCUT2D eigenvalue weighted by molar-refractivity contribution is 7.89. The van der Waals surface area contributed by atoms with E-state index in [0.29, 0.717) is 0 Å². The summed E-state index contributed by atoms with van der Waals surface area (Å²) in [6.07, 6.45) is 5.95. The van der Waals surface area contributed by atoms with Gasteiger partial charge in [0, 0.05) is 6.42 Å². The van der Waals surface area contributed by atoms with Gasteiger partial charge in [-0.3, -0.25) is 4.79 Å². The summed E-state index contributed by atoms with van der Waals surface area (Å²) in [4.78, 5) is 12.5. The first kappa shape index (κ1) is 17.7. The fraction of sp³-hybridized carbons (Fsp3) is 0.500. The smallest absolute Gasteiger partial charge is 0.267 e.